The molecule has 1 N–H and O–H groups in total. The van der Waals surface area contributed by atoms with Crippen LogP contribution in [0.2, 0.25) is 0 Å². The van der Waals surface area contributed by atoms with Crippen LogP contribution in [-0.2, 0) is 19.9 Å². The molecule has 0 rings (SSSR count). The molecule has 0 heterocycles. The first-order chi connectivity index (χ1) is 8.70. The van der Waals surface area contributed by atoms with Crippen molar-refractivity contribution in [2.24, 2.45) is 5.92 Å². The molecular weight excluding hydrogens is 286 g/mol. The number of nitrogens with one attached hydrogen (secondary N) is 1. The predicted octanol–water partition coefficient (Wildman–Crippen LogP) is 1.56. The summed E-state index contributed by atoms with van der Waals surface area (Å²) in [6, 6.07) is 0. The van der Waals surface area contributed by atoms with E-state index in [0.29, 0.717) is 12.5 Å². The fraction of sp³-hybridized carbons (Fsp3) is 1.00. The fourth-order valence-electron chi connectivity index (χ4n) is 1.77. The third kappa shape index (κ3) is 11.4. The first-order valence-electron chi connectivity index (χ1n) is 6.85. The third-order valence-corrected chi connectivity index (χ3v) is 5.53. The Morgan fingerprint density at radius 1 is 1.00 bits per heavy atom. The van der Waals surface area contributed by atoms with Crippen molar-refractivity contribution in [3.05, 3.63) is 0 Å². The second-order valence-electron chi connectivity index (χ2n) is 5.07. The monoisotopic (exact) mass is 313 g/mol. The molecule has 0 fully saturated rings. The Morgan fingerprint density at radius 2 is 1.63 bits per heavy atom. The van der Waals surface area contributed by atoms with Gasteiger partial charge in [0.25, 0.3) is 0 Å². The summed E-state index contributed by atoms with van der Waals surface area (Å²) >= 11 is 0. The number of rotatable bonds is 11. The Morgan fingerprint density at radius 3 is 2.11 bits per heavy atom. The first kappa shape index (κ1) is 18.9. The molecule has 0 aliphatic carbocycles. The van der Waals surface area contributed by atoms with Crippen LogP contribution >= 0.6 is 0 Å². The van der Waals surface area contributed by atoms with Crippen molar-refractivity contribution < 1.29 is 16.8 Å². The maximum Gasteiger partial charge on any atom is 0.211 e. The van der Waals surface area contributed by atoms with Crippen molar-refractivity contribution in [3.8, 4) is 0 Å². The lowest BCUT2D eigenvalue weighted by molar-refractivity contribution is 0.443. The van der Waals surface area contributed by atoms with E-state index in [1.807, 2.05) is 0 Å². The van der Waals surface area contributed by atoms with Crippen molar-refractivity contribution in [3.63, 3.8) is 0 Å². The predicted molar refractivity (Wildman–Crippen MR) is 79.4 cm³/mol. The molecular formula is C12H27NO4S2. The molecule has 0 saturated heterocycles. The molecule has 0 aromatic heterocycles. The van der Waals surface area contributed by atoms with Crippen LogP contribution in [0.25, 0.3) is 0 Å². The number of hydrogen-bond acceptors (Lipinski definition) is 4. The number of sulfonamides is 1. The SMILES string of the molecule is CCCCC(CC)CNS(=O)(=O)CCCS(C)(=O)=O. The van der Waals surface area contributed by atoms with Crippen LogP contribution in [-0.4, -0.2) is 41.1 Å². The second-order valence-corrected chi connectivity index (χ2v) is 9.25. The van der Waals surface area contributed by atoms with E-state index in [9.17, 15) is 16.8 Å². The van der Waals surface area contributed by atoms with E-state index >= 15 is 0 Å². The van der Waals surface area contributed by atoms with Gasteiger partial charge in [0.1, 0.15) is 9.84 Å². The van der Waals surface area contributed by atoms with Gasteiger partial charge in [-0.05, 0) is 18.8 Å². The molecule has 0 aliphatic heterocycles. The highest BCUT2D eigenvalue weighted by molar-refractivity contribution is 7.91. The standard InChI is InChI=1S/C12H27NO4S2/c1-4-6-8-12(5-2)11-13-19(16,17)10-7-9-18(3,14)15/h12-13H,4-11H2,1-3H3. The van der Waals surface area contributed by atoms with E-state index in [2.05, 4.69) is 18.6 Å². The summed E-state index contributed by atoms with van der Waals surface area (Å²) in [5, 5.41) is 0. The highest BCUT2D eigenvalue weighted by atomic mass is 32.2. The van der Waals surface area contributed by atoms with Crippen molar-refractivity contribution in [1.29, 1.82) is 0 Å². The van der Waals surface area contributed by atoms with Crippen LogP contribution in [0.1, 0.15) is 46.0 Å². The smallest absolute Gasteiger partial charge is 0.211 e. The van der Waals surface area contributed by atoms with E-state index in [1.165, 1.54) is 0 Å². The highest BCUT2D eigenvalue weighted by Gasteiger charge is 2.14. The van der Waals surface area contributed by atoms with Gasteiger partial charge in [-0.3, -0.25) is 0 Å². The zero-order chi connectivity index (χ0) is 14.9. The number of sulfone groups is 1. The van der Waals surface area contributed by atoms with Gasteiger partial charge < -0.3 is 0 Å². The lowest BCUT2D eigenvalue weighted by atomic mass is 10.00. The second kappa shape index (κ2) is 8.92. The van der Waals surface area contributed by atoms with Gasteiger partial charge in [0.2, 0.25) is 10.0 Å². The summed E-state index contributed by atoms with van der Waals surface area (Å²) in [5.41, 5.74) is 0. The van der Waals surface area contributed by atoms with Crippen molar-refractivity contribution in [2.45, 2.75) is 46.0 Å². The molecule has 1 atom stereocenters. The van der Waals surface area contributed by atoms with Crippen molar-refractivity contribution in [1.82, 2.24) is 4.72 Å². The van der Waals surface area contributed by atoms with Crippen LogP contribution in [0, 0.1) is 5.92 Å². The molecule has 0 spiro atoms. The van der Waals surface area contributed by atoms with Gasteiger partial charge in [0.05, 0.1) is 11.5 Å². The molecule has 5 nitrogen and oxygen atoms in total. The van der Waals surface area contributed by atoms with Crippen LogP contribution in [0.4, 0.5) is 0 Å². The van der Waals surface area contributed by atoms with Gasteiger partial charge in [0, 0.05) is 12.8 Å². The lowest BCUT2D eigenvalue weighted by Crippen LogP contribution is -2.31. The van der Waals surface area contributed by atoms with E-state index in [1.54, 1.807) is 0 Å². The summed E-state index contributed by atoms with van der Waals surface area (Å²) in [6.45, 7) is 4.62. The lowest BCUT2D eigenvalue weighted by Gasteiger charge is -2.15. The highest BCUT2D eigenvalue weighted by Crippen LogP contribution is 2.11. The van der Waals surface area contributed by atoms with Gasteiger partial charge >= 0.3 is 0 Å². The molecule has 0 bridgehead atoms. The largest absolute Gasteiger partial charge is 0.229 e. The Labute approximate surface area is 118 Å². The normalized spacial score (nSPS) is 14.5. The topological polar surface area (TPSA) is 80.3 Å². The number of hydrogen-bond donors (Lipinski definition) is 1. The Bertz CT molecular complexity index is 429. The molecule has 0 aromatic rings. The molecule has 0 radical (unpaired) electrons. The van der Waals surface area contributed by atoms with Crippen LogP contribution in [0.5, 0.6) is 0 Å². The van der Waals surface area contributed by atoms with E-state index in [4.69, 9.17) is 0 Å². The van der Waals surface area contributed by atoms with E-state index < -0.39 is 19.9 Å². The zero-order valence-electron chi connectivity index (χ0n) is 12.2. The minimum absolute atomic E-state index is 0.0824. The molecule has 0 aliphatic rings. The van der Waals surface area contributed by atoms with Gasteiger partial charge in [0.15, 0.2) is 0 Å². The summed E-state index contributed by atoms with van der Waals surface area (Å²) in [5.74, 6) is 0.162. The van der Waals surface area contributed by atoms with Crippen LogP contribution in [0.15, 0.2) is 0 Å². The Hall–Kier alpha value is -0.140. The Balaban J connectivity index is 4.08. The maximum atomic E-state index is 11.7. The molecule has 7 heteroatoms. The average Bonchev–Trinajstić information content (AvgIpc) is 2.27. The molecule has 0 saturated carbocycles. The van der Waals surface area contributed by atoms with Gasteiger partial charge in [-0.25, -0.2) is 21.6 Å². The first-order valence-corrected chi connectivity index (χ1v) is 10.6. The van der Waals surface area contributed by atoms with Crippen LogP contribution in [0.3, 0.4) is 0 Å². The van der Waals surface area contributed by atoms with Crippen molar-refractivity contribution in [2.75, 3.05) is 24.3 Å². The third-order valence-electron chi connectivity index (χ3n) is 3.06. The Kier molecular flexibility index (Phi) is 8.85. The molecule has 0 aromatic carbocycles. The summed E-state index contributed by atoms with van der Waals surface area (Å²) < 4.78 is 47.9. The molecule has 0 amide bonds. The zero-order valence-corrected chi connectivity index (χ0v) is 13.8. The molecule has 116 valence electrons. The average molecular weight is 313 g/mol. The summed E-state index contributed by atoms with van der Waals surface area (Å²) in [4.78, 5) is 0. The minimum atomic E-state index is -3.35. The van der Waals surface area contributed by atoms with Crippen LogP contribution < -0.4 is 4.72 Å². The molecule has 1 unspecified atom stereocenters. The number of unbranched alkanes of at least 4 members (excludes halogenated alkanes) is 1. The quantitative estimate of drug-likeness (QED) is 0.627. The summed E-state index contributed by atoms with van der Waals surface area (Å²) in [6.07, 6.45) is 5.46. The maximum absolute atomic E-state index is 11.7. The van der Waals surface area contributed by atoms with Gasteiger partial charge in [-0.2, -0.15) is 0 Å². The van der Waals surface area contributed by atoms with Gasteiger partial charge in [-0.15, -0.1) is 0 Å². The van der Waals surface area contributed by atoms with Crippen molar-refractivity contribution >= 4 is 19.9 Å². The minimum Gasteiger partial charge on any atom is -0.229 e. The molecule has 19 heavy (non-hydrogen) atoms. The summed E-state index contributed by atoms with van der Waals surface area (Å²) in [7, 11) is -6.44. The van der Waals surface area contributed by atoms with Gasteiger partial charge in [-0.1, -0.05) is 33.1 Å². The van der Waals surface area contributed by atoms with E-state index in [0.717, 1.165) is 31.9 Å². The fourth-order valence-corrected chi connectivity index (χ4v) is 3.78. The van der Waals surface area contributed by atoms with E-state index in [-0.39, 0.29) is 17.9 Å².